The fourth-order valence-electron chi connectivity index (χ4n) is 3.08. The lowest BCUT2D eigenvalue weighted by molar-refractivity contribution is 0.0617. The summed E-state index contributed by atoms with van der Waals surface area (Å²) in [7, 11) is 1.58. The monoisotopic (exact) mass is 359 g/mol. The molecule has 0 aliphatic carbocycles. The average molecular weight is 359 g/mol. The molecule has 0 atom stereocenters. The molecule has 1 fully saturated rings. The van der Waals surface area contributed by atoms with Crippen molar-refractivity contribution in [1.82, 2.24) is 15.0 Å². The number of nitrogens with zero attached hydrogens (tertiary/aromatic N) is 3. The molecule has 140 valence electrons. The van der Waals surface area contributed by atoms with Crippen LogP contribution in [0.5, 0.6) is 11.5 Å². The molecule has 26 heavy (non-hydrogen) atoms. The molecule has 1 aliphatic rings. The topological polar surface area (TPSA) is 68.0 Å². The zero-order chi connectivity index (χ0) is 18.5. The van der Waals surface area contributed by atoms with E-state index < -0.39 is 0 Å². The molecular formula is C19H25N3O4. The number of benzene rings is 1. The van der Waals surface area contributed by atoms with Crippen molar-refractivity contribution >= 4 is 5.91 Å². The predicted molar refractivity (Wildman–Crippen MR) is 96.6 cm³/mol. The van der Waals surface area contributed by atoms with Crippen molar-refractivity contribution in [3.63, 3.8) is 0 Å². The summed E-state index contributed by atoms with van der Waals surface area (Å²) in [5, 5.41) is 3.91. The lowest BCUT2D eigenvalue weighted by Crippen LogP contribution is -2.48. The van der Waals surface area contributed by atoms with E-state index in [0.29, 0.717) is 36.8 Å². The van der Waals surface area contributed by atoms with E-state index in [1.165, 1.54) is 0 Å². The summed E-state index contributed by atoms with van der Waals surface area (Å²) in [6.45, 7) is 8.07. The summed E-state index contributed by atoms with van der Waals surface area (Å²) < 4.78 is 16.1. The number of carbonyl (C=O) groups is 1. The SMILES string of the molecule is CCOc1ccc(C(=O)N2CCN(Cc3cc(C)no3)CC2)cc1OC. The maximum atomic E-state index is 12.8. The van der Waals surface area contributed by atoms with E-state index >= 15 is 0 Å². The van der Waals surface area contributed by atoms with Crippen molar-refractivity contribution in [3.05, 3.63) is 41.3 Å². The van der Waals surface area contributed by atoms with Crippen LogP contribution >= 0.6 is 0 Å². The third-order valence-electron chi connectivity index (χ3n) is 4.43. The molecular weight excluding hydrogens is 334 g/mol. The highest BCUT2D eigenvalue weighted by Gasteiger charge is 2.23. The van der Waals surface area contributed by atoms with Crippen LogP contribution in [0.1, 0.15) is 28.7 Å². The number of piperazine rings is 1. The van der Waals surface area contributed by atoms with Crippen LogP contribution in [0.3, 0.4) is 0 Å². The molecule has 0 bridgehead atoms. The van der Waals surface area contributed by atoms with Gasteiger partial charge in [0, 0.05) is 37.8 Å². The number of amides is 1. The van der Waals surface area contributed by atoms with Crippen LogP contribution in [0.25, 0.3) is 0 Å². The van der Waals surface area contributed by atoms with Gasteiger partial charge in [0.15, 0.2) is 17.3 Å². The van der Waals surface area contributed by atoms with Gasteiger partial charge >= 0.3 is 0 Å². The van der Waals surface area contributed by atoms with Gasteiger partial charge in [0.2, 0.25) is 0 Å². The van der Waals surface area contributed by atoms with Crippen LogP contribution in [-0.4, -0.2) is 60.8 Å². The van der Waals surface area contributed by atoms with E-state index in [1.54, 1.807) is 25.3 Å². The molecule has 1 amide bonds. The Labute approximate surface area is 153 Å². The Balaban J connectivity index is 1.59. The first-order valence-corrected chi connectivity index (χ1v) is 8.85. The van der Waals surface area contributed by atoms with Crippen molar-refractivity contribution in [2.45, 2.75) is 20.4 Å². The average Bonchev–Trinajstić information content (AvgIpc) is 3.07. The third-order valence-corrected chi connectivity index (χ3v) is 4.43. The zero-order valence-electron chi connectivity index (χ0n) is 15.5. The molecule has 3 rings (SSSR count). The Morgan fingerprint density at radius 3 is 2.58 bits per heavy atom. The van der Waals surface area contributed by atoms with Crippen LogP contribution in [-0.2, 0) is 6.54 Å². The summed E-state index contributed by atoms with van der Waals surface area (Å²) in [5.41, 5.74) is 1.50. The Morgan fingerprint density at radius 2 is 1.96 bits per heavy atom. The first-order chi connectivity index (χ1) is 12.6. The number of aromatic nitrogens is 1. The third kappa shape index (κ3) is 4.16. The summed E-state index contributed by atoms with van der Waals surface area (Å²) in [4.78, 5) is 16.9. The maximum Gasteiger partial charge on any atom is 0.254 e. The minimum atomic E-state index is 0.0153. The minimum absolute atomic E-state index is 0.0153. The van der Waals surface area contributed by atoms with Gasteiger partial charge in [-0.3, -0.25) is 9.69 Å². The van der Waals surface area contributed by atoms with E-state index in [4.69, 9.17) is 14.0 Å². The highest BCUT2D eigenvalue weighted by atomic mass is 16.5. The maximum absolute atomic E-state index is 12.8. The van der Waals surface area contributed by atoms with Gasteiger partial charge in [0.05, 0.1) is 26.0 Å². The van der Waals surface area contributed by atoms with Crippen molar-refractivity contribution < 1.29 is 18.8 Å². The second kappa shape index (κ2) is 8.23. The molecule has 1 saturated heterocycles. The number of aryl methyl sites for hydroxylation is 1. The van der Waals surface area contributed by atoms with E-state index in [0.717, 1.165) is 31.1 Å². The predicted octanol–water partition coefficient (Wildman–Crippen LogP) is 2.35. The van der Waals surface area contributed by atoms with E-state index in [2.05, 4.69) is 10.1 Å². The number of ether oxygens (including phenoxy) is 2. The van der Waals surface area contributed by atoms with Crippen LogP contribution in [0.15, 0.2) is 28.8 Å². The smallest absolute Gasteiger partial charge is 0.254 e. The standard InChI is InChI=1S/C19H25N3O4/c1-4-25-17-6-5-15(12-18(17)24-3)19(23)22-9-7-21(8-10-22)13-16-11-14(2)20-26-16/h5-6,11-12H,4,7-10,13H2,1-3H3. The van der Waals surface area contributed by atoms with Crippen LogP contribution in [0.2, 0.25) is 0 Å². The molecule has 1 aromatic heterocycles. The van der Waals surface area contributed by atoms with Crippen molar-refractivity contribution in [1.29, 1.82) is 0 Å². The molecule has 1 aromatic carbocycles. The highest BCUT2D eigenvalue weighted by molar-refractivity contribution is 5.95. The number of hydrogen-bond donors (Lipinski definition) is 0. The van der Waals surface area contributed by atoms with Crippen LogP contribution < -0.4 is 9.47 Å². The minimum Gasteiger partial charge on any atom is -0.493 e. The lowest BCUT2D eigenvalue weighted by Gasteiger charge is -2.34. The van der Waals surface area contributed by atoms with Gasteiger partial charge in [-0.2, -0.15) is 0 Å². The summed E-state index contributed by atoms with van der Waals surface area (Å²) in [6, 6.07) is 7.28. The summed E-state index contributed by atoms with van der Waals surface area (Å²) >= 11 is 0. The Kier molecular flexibility index (Phi) is 5.78. The van der Waals surface area contributed by atoms with E-state index in [-0.39, 0.29) is 5.91 Å². The molecule has 0 unspecified atom stereocenters. The molecule has 2 aromatic rings. The van der Waals surface area contributed by atoms with E-state index in [9.17, 15) is 4.79 Å². The van der Waals surface area contributed by atoms with Gasteiger partial charge in [-0.15, -0.1) is 0 Å². The molecule has 0 saturated carbocycles. The molecule has 0 radical (unpaired) electrons. The van der Waals surface area contributed by atoms with Crippen LogP contribution in [0, 0.1) is 6.92 Å². The fraction of sp³-hybridized carbons (Fsp3) is 0.474. The second-order valence-electron chi connectivity index (χ2n) is 6.30. The molecule has 7 nitrogen and oxygen atoms in total. The molecule has 0 N–H and O–H groups in total. The Bertz CT molecular complexity index is 751. The van der Waals surface area contributed by atoms with Crippen molar-refractivity contribution in [2.24, 2.45) is 0 Å². The van der Waals surface area contributed by atoms with Gasteiger partial charge in [-0.25, -0.2) is 0 Å². The fourth-order valence-corrected chi connectivity index (χ4v) is 3.08. The van der Waals surface area contributed by atoms with Gasteiger partial charge in [-0.1, -0.05) is 5.16 Å². The van der Waals surface area contributed by atoms with E-state index in [1.807, 2.05) is 24.8 Å². The summed E-state index contributed by atoms with van der Waals surface area (Å²) in [6.07, 6.45) is 0. The van der Waals surface area contributed by atoms with Crippen LogP contribution in [0.4, 0.5) is 0 Å². The van der Waals surface area contributed by atoms with Gasteiger partial charge in [0.1, 0.15) is 0 Å². The Hall–Kier alpha value is -2.54. The largest absolute Gasteiger partial charge is 0.493 e. The number of hydrogen-bond acceptors (Lipinski definition) is 6. The number of carbonyl (C=O) groups excluding carboxylic acids is 1. The first kappa shape index (κ1) is 18.3. The summed E-state index contributed by atoms with van der Waals surface area (Å²) in [5.74, 6) is 2.11. The highest BCUT2D eigenvalue weighted by Crippen LogP contribution is 2.28. The molecule has 1 aliphatic heterocycles. The first-order valence-electron chi connectivity index (χ1n) is 8.85. The van der Waals surface area contributed by atoms with Gasteiger partial charge in [-0.05, 0) is 32.0 Å². The zero-order valence-corrected chi connectivity index (χ0v) is 15.5. The molecule has 7 heteroatoms. The second-order valence-corrected chi connectivity index (χ2v) is 6.30. The quantitative estimate of drug-likeness (QED) is 0.789. The Morgan fingerprint density at radius 1 is 1.19 bits per heavy atom. The lowest BCUT2D eigenvalue weighted by atomic mass is 10.1. The van der Waals surface area contributed by atoms with Crippen molar-refractivity contribution in [3.8, 4) is 11.5 Å². The van der Waals surface area contributed by atoms with Gasteiger partial charge in [0.25, 0.3) is 5.91 Å². The normalized spacial score (nSPS) is 15.1. The van der Waals surface area contributed by atoms with Gasteiger partial charge < -0.3 is 18.9 Å². The molecule has 0 spiro atoms. The number of rotatable bonds is 6. The molecule has 2 heterocycles. The van der Waals surface area contributed by atoms with Crippen molar-refractivity contribution in [2.75, 3.05) is 39.9 Å². The number of methoxy groups -OCH3 is 1.